The van der Waals surface area contributed by atoms with Crippen molar-refractivity contribution in [3.8, 4) is 0 Å². The van der Waals surface area contributed by atoms with Gasteiger partial charge in [0.15, 0.2) is 0 Å². The molecule has 1 amide bonds. The van der Waals surface area contributed by atoms with E-state index in [9.17, 15) is 22.8 Å². The highest BCUT2D eigenvalue weighted by atomic mass is 19.4. The van der Waals surface area contributed by atoms with Gasteiger partial charge in [0.1, 0.15) is 17.2 Å². The molecule has 7 nitrogen and oxygen atoms in total. The Hall–Kier alpha value is -3.43. The van der Waals surface area contributed by atoms with Crippen molar-refractivity contribution >= 4 is 34.8 Å². The van der Waals surface area contributed by atoms with Crippen molar-refractivity contribution in [1.29, 1.82) is 0 Å². The Bertz CT molecular complexity index is 997. The summed E-state index contributed by atoms with van der Waals surface area (Å²) in [5.41, 5.74) is 0.285. The van der Waals surface area contributed by atoms with Crippen LogP contribution in [0, 0.1) is 6.92 Å². The zero-order valence-electron chi connectivity index (χ0n) is 16.8. The molecule has 1 fully saturated rings. The van der Waals surface area contributed by atoms with Crippen molar-refractivity contribution in [3.05, 3.63) is 48.2 Å². The van der Waals surface area contributed by atoms with Crippen LogP contribution in [-0.4, -0.2) is 27.7 Å². The minimum absolute atomic E-state index is 0.0265. The van der Waals surface area contributed by atoms with E-state index in [0.717, 1.165) is 11.6 Å². The summed E-state index contributed by atoms with van der Waals surface area (Å²) in [5, 5.41) is 8.25. The number of carbonyl (C=O) groups excluding carboxylic acids is 2. The molecule has 10 heteroatoms. The minimum Gasteiger partial charge on any atom is -0.351 e. The van der Waals surface area contributed by atoms with Crippen molar-refractivity contribution in [3.63, 3.8) is 0 Å². The molecule has 0 bridgehead atoms. The quantitative estimate of drug-likeness (QED) is 0.577. The number of rotatable bonds is 6. The van der Waals surface area contributed by atoms with Gasteiger partial charge in [-0.15, -0.1) is 0 Å². The molecule has 1 aliphatic rings. The lowest BCUT2D eigenvalue weighted by molar-refractivity contribution is -0.137. The summed E-state index contributed by atoms with van der Waals surface area (Å²) in [4.78, 5) is 31.0. The first kappa shape index (κ1) is 22.3. The highest BCUT2D eigenvalue weighted by molar-refractivity contribution is 6.01. The Morgan fingerprint density at radius 3 is 2.58 bits per heavy atom. The van der Waals surface area contributed by atoms with E-state index < -0.39 is 23.5 Å². The van der Waals surface area contributed by atoms with E-state index in [2.05, 4.69) is 32.5 Å². The Morgan fingerprint density at radius 1 is 1.23 bits per heavy atom. The number of anilines is 4. The smallest absolute Gasteiger partial charge is 0.351 e. The molecular weight excluding hydrogens is 411 g/mol. The highest BCUT2D eigenvalue weighted by Crippen LogP contribution is 2.36. The first-order valence-electron chi connectivity index (χ1n) is 9.69. The Morgan fingerprint density at radius 2 is 1.94 bits per heavy atom. The van der Waals surface area contributed by atoms with E-state index in [1.807, 2.05) is 0 Å². The Balaban J connectivity index is 1.92. The molecule has 0 radical (unpaired) electrons. The van der Waals surface area contributed by atoms with Crippen molar-refractivity contribution in [2.24, 2.45) is 0 Å². The first-order chi connectivity index (χ1) is 14.7. The maximum absolute atomic E-state index is 13.6. The fraction of sp³-hybridized carbons (Fsp3) is 0.333. The molecule has 1 aromatic heterocycles. The monoisotopic (exact) mass is 433 g/mol. The summed E-state index contributed by atoms with van der Waals surface area (Å²) >= 11 is 0. The molecule has 1 heterocycles. The maximum Gasteiger partial charge on any atom is 0.421 e. The van der Waals surface area contributed by atoms with Crippen LogP contribution in [0.5, 0.6) is 0 Å². The van der Waals surface area contributed by atoms with Gasteiger partial charge in [-0.05, 0) is 43.5 Å². The number of aryl methyl sites for hydroxylation is 1. The average Bonchev–Trinajstić information content (AvgIpc) is 2.71. The van der Waals surface area contributed by atoms with E-state index in [0.29, 0.717) is 31.9 Å². The van der Waals surface area contributed by atoms with E-state index in [-0.39, 0.29) is 29.1 Å². The van der Waals surface area contributed by atoms with Gasteiger partial charge in [0.2, 0.25) is 11.9 Å². The van der Waals surface area contributed by atoms with Crippen LogP contribution in [0.2, 0.25) is 0 Å². The normalized spacial score (nSPS) is 14.8. The molecule has 1 aliphatic carbocycles. The SMILES string of the molecule is C=CC(=O)Nc1cc(C)ccc1Nc1nc(NC2CCC(=O)CC2)ncc1C(F)(F)F. The molecule has 3 rings (SSSR count). The van der Waals surface area contributed by atoms with Crippen molar-refractivity contribution in [2.45, 2.75) is 44.8 Å². The second-order valence-electron chi connectivity index (χ2n) is 7.28. The van der Waals surface area contributed by atoms with Gasteiger partial charge in [0.25, 0.3) is 0 Å². The fourth-order valence-electron chi connectivity index (χ4n) is 3.20. The van der Waals surface area contributed by atoms with Crippen LogP contribution in [-0.2, 0) is 15.8 Å². The number of Topliss-reactive ketones (excluding diaryl/α,β-unsaturated/α-hetero) is 1. The Kier molecular flexibility index (Phi) is 6.57. The van der Waals surface area contributed by atoms with E-state index in [1.54, 1.807) is 25.1 Å². The molecule has 0 saturated heterocycles. The standard InChI is InChI=1S/C21H22F3N5O2/c1-3-18(31)27-17-10-12(2)4-9-16(17)28-19-15(21(22,23)24)11-25-20(29-19)26-13-5-7-14(30)8-6-13/h3-4,9-11,13H,1,5-8H2,2H3,(H,27,31)(H2,25,26,28,29). The molecule has 31 heavy (non-hydrogen) atoms. The number of carbonyl (C=O) groups is 2. The van der Waals surface area contributed by atoms with Gasteiger partial charge < -0.3 is 16.0 Å². The van der Waals surface area contributed by atoms with Crippen LogP contribution in [0.15, 0.2) is 37.1 Å². The molecule has 0 aliphatic heterocycles. The van der Waals surface area contributed by atoms with Crippen molar-refractivity contribution < 1.29 is 22.8 Å². The number of nitrogens with one attached hydrogen (secondary N) is 3. The minimum atomic E-state index is -4.69. The third kappa shape index (κ3) is 5.80. The fourth-order valence-corrected chi connectivity index (χ4v) is 3.20. The third-order valence-corrected chi connectivity index (χ3v) is 4.84. The second-order valence-corrected chi connectivity index (χ2v) is 7.28. The first-order valence-corrected chi connectivity index (χ1v) is 9.69. The van der Waals surface area contributed by atoms with Crippen LogP contribution in [0.3, 0.4) is 0 Å². The van der Waals surface area contributed by atoms with E-state index >= 15 is 0 Å². The molecular formula is C21H22F3N5O2. The average molecular weight is 433 g/mol. The second kappa shape index (κ2) is 9.15. The summed E-state index contributed by atoms with van der Waals surface area (Å²) in [5.74, 6) is -0.753. The van der Waals surface area contributed by atoms with Crippen LogP contribution in [0.25, 0.3) is 0 Å². The van der Waals surface area contributed by atoms with Crippen molar-refractivity contribution in [1.82, 2.24) is 9.97 Å². The Labute approximate surface area is 177 Å². The highest BCUT2D eigenvalue weighted by Gasteiger charge is 2.35. The molecule has 0 atom stereocenters. The van der Waals surface area contributed by atoms with Gasteiger partial charge >= 0.3 is 6.18 Å². The molecule has 0 unspecified atom stereocenters. The summed E-state index contributed by atoms with van der Waals surface area (Å²) in [6, 6.07) is 4.77. The van der Waals surface area contributed by atoms with E-state index in [1.165, 1.54) is 0 Å². The maximum atomic E-state index is 13.6. The topological polar surface area (TPSA) is 96.0 Å². The third-order valence-electron chi connectivity index (χ3n) is 4.84. The summed E-state index contributed by atoms with van der Waals surface area (Å²) in [6.45, 7) is 5.17. The predicted octanol–water partition coefficient (Wildman–Crippen LogP) is 4.60. The molecule has 1 aromatic carbocycles. The van der Waals surface area contributed by atoms with Crippen LogP contribution in [0.1, 0.15) is 36.8 Å². The van der Waals surface area contributed by atoms with Gasteiger partial charge in [-0.25, -0.2) is 4.98 Å². The van der Waals surface area contributed by atoms with E-state index in [4.69, 9.17) is 0 Å². The number of ketones is 1. The summed E-state index contributed by atoms with van der Waals surface area (Å²) in [7, 11) is 0. The van der Waals surface area contributed by atoms with Crippen LogP contribution < -0.4 is 16.0 Å². The summed E-state index contributed by atoms with van der Waals surface area (Å²) < 4.78 is 40.7. The number of hydrogen-bond acceptors (Lipinski definition) is 6. The predicted molar refractivity (Wildman–Crippen MR) is 111 cm³/mol. The lowest BCUT2D eigenvalue weighted by Crippen LogP contribution is -2.27. The number of amides is 1. The number of halogens is 3. The van der Waals surface area contributed by atoms with Crippen molar-refractivity contribution in [2.75, 3.05) is 16.0 Å². The number of aromatic nitrogens is 2. The zero-order valence-corrected chi connectivity index (χ0v) is 16.8. The van der Waals surface area contributed by atoms with Crippen LogP contribution >= 0.6 is 0 Å². The molecule has 0 spiro atoms. The molecule has 2 aromatic rings. The largest absolute Gasteiger partial charge is 0.421 e. The molecule has 164 valence electrons. The lowest BCUT2D eigenvalue weighted by Gasteiger charge is -2.23. The number of benzene rings is 1. The van der Waals surface area contributed by atoms with Gasteiger partial charge in [-0.1, -0.05) is 12.6 Å². The number of hydrogen-bond donors (Lipinski definition) is 3. The number of nitrogens with zero attached hydrogens (tertiary/aromatic N) is 2. The van der Waals surface area contributed by atoms with Crippen LogP contribution in [0.4, 0.5) is 36.3 Å². The molecule has 3 N–H and O–H groups in total. The van der Waals surface area contributed by atoms with Gasteiger partial charge in [0.05, 0.1) is 11.4 Å². The van der Waals surface area contributed by atoms with Gasteiger partial charge in [-0.3, -0.25) is 9.59 Å². The number of alkyl halides is 3. The summed E-state index contributed by atoms with van der Waals surface area (Å²) in [6.07, 6.45) is -0.939. The lowest BCUT2D eigenvalue weighted by atomic mass is 9.94. The van der Waals surface area contributed by atoms with Gasteiger partial charge in [0, 0.05) is 25.1 Å². The zero-order chi connectivity index (χ0) is 22.6. The van der Waals surface area contributed by atoms with Gasteiger partial charge in [-0.2, -0.15) is 18.2 Å². The molecule has 1 saturated carbocycles.